The first-order valence-electron chi connectivity index (χ1n) is 13.5. The molecule has 44 heavy (non-hydrogen) atoms. The number of aromatic nitrogens is 2. The van der Waals surface area contributed by atoms with Gasteiger partial charge in [-0.25, -0.2) is 0 Å². The van der Waals surface area contributed by atoms with Crippen LogP contribution in [0, 0.1) is 11.3 Å². The first-order chi connectivity index (χ1) is 21.3. The number of nitrogens with two attached hydrogens (primary N) is 1. The van der Waals surface area contributed by atoms with Gasteiger partial charge in [-0.1, -0.05) is 23.1 Å². The summed E-state index contributed by atoms with van der Waals surface area (Å²) >= 11 is 2.43. The molecule has 1 aliphatic carbocycles. The molecule has 1 atom stereocenters. The number of thioether (sulfide) groups is 1. The summed E-state index contributed by atoms with van der Waals surface area (Å²) < 4.78 is 22.1. The Morgan fingerprint density at radius 1 is 1.07 bits per heavy atom. The van der Waals surface area contributed by atoms with Crippen molar-refractivity contribution in [2.24, 2.45) is 5.73 Å². The van der Waals surface area contributed by atoms with Crippen LogP contribution in [0.15, 0.2) is 63.4 Å². The number of anilines is 2. The molecule has 2 heterocycles. The number of Topliss-reactive ketones (excluding diaryl/α,β-unsaturated/α-hetero) is 1. The van der Waals surface area contributed by atoms with Gasteiger partial charge in [0.2, 0.25) is 11.0 Å². The maximum Gasteiger partial charge on any atom is 0.234 e. The van der Waals surface area contributed by atoms with E-state index in [1.54, 1.807) is 48.4 Å². The molecule has 1 amide bonds. The normalized spacial score (nSPS) is 16.3. The van der Waals surface area contributed by atoms with E-state index in [0.29, 0.717) is 74.3 Å². The summed E-state index contributed by atoms with van der Waals surface area (Å²) in [6.07, 6.45) is 1.53. The van der Waals surface area contributed by atoms with E-state index in [4.69, 9.17) is 24.7 Å². The number of amides is 1. The Balaban J connectivity index is 1.42. The number of rotatable bonds is 10. The molecule has 0 saturated carbocycles. The lowest BCUT2D eigenvalue weighted by Gasteiger charge is -2.38. The molecule has 0 bridgehead atoms. The molecule has 0 fully saturated rings. The number of hydrogen-bond acceptors (Lipinski definition) is 13. The van der Waals surface area contributed by atoms with Gasteiger partial charge in [0, 0.05) is 35.0 Å². The highest BCUT2D eigenvalue weighted by Crippen LogP contribution is 2.49. The molecule has 3 aromatic rings. The largest absolute Gasteiger partial charge is 0.497 e. The highest BCUT2D eigenvalue weighted by atomic mass is 32.2. The van der Waals surface area contributed by atoms with E-state index in [1.165, 1.54) is 44.4 Å². The summed E-state index contributed by atoms with van der Waals surface area (Å²) in [6.45, 7) is 0. The zero-order chi connectivity index (χ0) is 31.4. The summed E-state index contributed by atoms with van der Waals surface area (Å²) in [5, 5.41) is 22.2. The molecule has 14 heteroatoms. The molecular formula is C30H30N6O6S2. The molecule has 1 aromatic heterocycles. The maximum atomic E-state index is 13.5. The molecule has 2 aromatic carbocycles. The van der Waals surface area contributed by atoms with E-state index in [2.05, 4.69) is 21.6 Å². The third kappa shape index (κ3) is 5.88. The van der Waals surface area contributed by atoms with Crippen LogP contribution >= 0.6 is 23.1 Å². The van der Waals surface area contributed by atoms with Crippen LogP contribution in [-0.4, -0.2) is 56.1 Å². The van der Waals surface area contributed by atoms with Gasteiger partial charge in [-0.05, 0) is 43.2 Å². The van der Waals surface area contributed by atoms with Crippen LogP contribution < -0.4 is 34.9 Å². The van der Waals surface area contributed by atoms with Crippen molar-refractivity contribution in [2.45, 2.75) is 29.5 Å². The van der Waals surface area contributed by atoms with Gasteiger partial charge in [0.15, 0.2) is 21.6 Å². The van der Waals surface area contributed by atoms with E-state index >= 15 is 0 Å². The predicted octanol–water partition coefficient (Wildman–Crippen LogP) is 4.61. The quantitative estimate of drug-likeness (QED) is 0.298. The molecule has 1 aliphatic heterocycles. The average Bonchev–Trinajstić information content (AvgIpc) is 3.51. The fraction of sp³-hybridized carbons (Fsp3) is 0.300. The van der Waals surface area contributed by atoms with Gasteiger partial charge in [-0.15, -0.1) is 10.2 Å². The Morgan fingerprint density at radius 3 is 2.52 bits per heavy atom. The van der Waals surface area contributed by atoms with E-state index < -0.39 is 5.92 Å². The average molecular weight is 635 g/mol. The van der Waals surface area contributed by atoms with Gasteiger partial charge in [0.05, 0.1) is 51.8 Å². The Kier molecular flexibility index (Phi) is 9.26. The molecule has 12 nitrogen and oxygen atoms in total. The number of carbonyl (C=O) groups is 2. The molecule has 0 spiro atoms. The Morgan fingerprint density at radius 2 is 1.82 bits per heavy atom. The third-order valence-corrected chi connectivity index (χ3v) is 9.28. The number of ether oxygens (including phenoxy) is 4. The van der Waals surface area contributed by atoms with Crippen LogP contribution in [0.3, 0.4) is 0 Å². The number of ketones is 1. The lowest BCUT2D eigenvalue weighted by molar-refractivity contribution is -0.116. The molecule has 1 unspecified atom stereocenters. The van der Waals surface area contributed by atoms with Crippen molar-refractivity contribution in [1.29, 1.82) is 5.26 Å². The standard InChI is InChI=1S/C30H30N6O6S2/c1-39-17-9-11-22(40-2)18(13-17)26-19(14-31)28(32)36(20-6-5-7-21(37)27(20)26)29-34-35-30(44-29)43-15-25(38)33-16-8-10-23(41-3)24(12-16)42-4/h8-13,26H,5-7,15,32H2,1-4H3,(H,33,38). The summed E-state index contributed by atoms with van der Waals surface area (Å²) in [4.78, 5) is 27.8. The van der Waals surface area contributed by atoms with Crippen molar-refractivity contribution in [2.75, 3.05) is 44.4 Å². The lowest BCUT2D eigenvalue weighted by Crippen LogP contribution is -2.38. The van der Waals surface area contributed by atoms with Crippen LogP contribution in [0.25, 0.3) is 0 Å². The SMILES string of the molecule is COc1ccc(OC)c(C2C(C#N)=C(N)N(c3nnc(SCC(=O)Nc4ccc(OC)c(OC)c4)s3)C3=C2C(=O)CCC3)c1. The minimum absolute atomic E-state index is 0.0713. The fourth-order valence-electron chi connectivity index (χ4n) is 5.27. The fourth-order valence-corrected chi connectivity index (χ4v) is 6.95. The van der Waals surface area contributed by atoms with Crippen molar-refractivity contribution in [3.8, 4) is 29.1 Å². The van der Waals surface area contributed by atoms with Crippen molar-refractivity contribution >= 4 is 45.6 Å². The summed E-state index contributed by atoms with van der Waals surface area (Å²) in [6, 6.07) is 12.6. The zero-order valence-corrected chi connectivity index (χ0v) is 26.1. The van der Waals surface area contributed by atoms with E-state index in [0.717, 1.165) is 0 Å². The number of nitrogens with zero attached hydrogens (tertiary/aromatic N) is 4. The first-order valence-corrected chi connectivity index (χ1v) is 15.3. The highest BCUT2D eigenvalue weighted by molar-refractivity contribution is 8.01. The van der Waals surface area contributed by atoms with E-state index in [9.17, 15) is 14.9 Å². The minimum atomic E-state index is -0.730. The van der Waals surface area contributed by atoms with E-state index in [-0.39, 0.29) is 28.8 Å². The van der Waals surface area contributed by atoms with Crippen LogP contribution in [-0.2, 0) is 9.59 Å². The monoisotopic (exact) mass is 634 g/mol. The van der Waals surface area contributed by atoms with Crippen molar-refractivity contribution in [3.05, 3.63) is 64.6 Å². The third-order valence-electron chi connectivity index (χ3n) is 7.24. The second-order valence-electron chi connectivity index (χ2n) is 9.68. The van der Waals surface area contributed by atoms with Crippen LogP contribution in [0.2, 0.25) is 0 Å². The number of allylic oxidation sites excluding steroid dienone is 3. The van der Waals surface area contributed by atoms with Gasteiger partial charge in [-0.2, -0.15) is 5.26 Å². The maximum absolute atomic E-state index is 13.5. The predicted molar refractivity (Wildman–Crippen MR) is 166 cm³/mol. The van der Waals surface area contributed by atoms with E-state index in [1.807, 2.05) is 0 Å². The summed E-state index contributed by atoms with van der Waals surface area (Å²) in [5.41, 5.74) is 9.21. The lowest BCUT2D eigenvalue weighted by atomic mass is 9.75. The molecule has 3 N–H and O–H groups in total. The molecule has 228 valence electrons. The number of hydrogen-bond donors (Lipinski definition) is 2. The number of methoxy groups -OCH3 is 4. The van der Waals surface area contributed by atoms with Gasteiger partial charge in [0.25, 0.3) is 0 Å². The van der Waals surface area contributed by atoms with Gasteiger partial charge >= 0.3 is 0 Å². The Hall–Kier alpha value is -4.74. The van der Waals surface area contributed by atoms with Crippen LogP contribution in [0.4, 0.5) is 10.8 Å². The Labute approximate surface area is 262 Å². The second kappa shape index (κ2) is 13.3. The molecule has 5 rings (SSSR count). The molecule has 0 radical (unpaired) electrons. The van der Waals surface area contributed by atoms with Gasteiger partial charge in [0.1, 0.15) is 17.3 Å². The highest BCUT2D eigenvalue weighted by Gasteiger charge is 2.42. The smallest absolute Gasteiger partial charge is 0.234 e. The zero-order valence-electron chi connectivity index (χ0n) is 24.5. The molecule has 0 saturated heterocycles. The number of nitrogens with one attached hydrogen (secondary N) is 1. The summed E-state index contributed by atoms with van der Waals surface area (Å²) in [5.74, 6) is 1.30. The molecule has 2 aliphatic rings. The van der Waals surface area contributed by atoms with Gasteiger partial charge < -0.3 is 30.0 Å². The minimum Gasteiger partial charge on any atom is -0.497 e. The summed E-state index contributed by atoms with van der Waals surface area (Å²) in [7, 11) is 6.14. The first kappa shape index (κ1) is 30.7. The van der Waals surface area contributed by atoms with Crippen molar-refractivity contribution in [3.63, 3.8) is 0 Å². The second-order valence-corrected chi connectivity index (χ2v) is 11.9. The Bertz CT molecular complexity index is 1710. The number of benzene rings is 2. The number of nitriles is 1. The van der Waals surface area contributed by atoms with Crippen molar-refractivity contribution in [1.82, 2.24) is 10.2 Å². The van der Waals surface area contributed by atoms with Crippen LogP contribution in [0.5, 0.6) is 23.0 Å². The number of carbonyl (C=O) groups excluding carboxylic acids is 2. The van der Waals surface area contributed by atoms with Crippen molar-refractivity contribution < 1.29 is 28.5 Å². The van der Waals surface area contributed by atoms with Gasteiger partial charge in [-0.3, -0.25) is 14.5 Å². The molecular weight excluding hydrogens is 605 g/mol. The topological polar surface area (TPSA) is 162 Å². The van der Waals surface area contributed by atoms with Crippen LogP contribution in [0.1, 0.15) is 30.7 Å².